The Bertz CT molecular complexity index is 1050. The fourth-order valence-electron chi connectivity index (χ4n) is 3.92. The van der Waals surface area contributed by atoms with E-state index in [9.17, 15) is 14.3 Å². The van der Waals surface area contributed by atoms with Crippen molar-refractivity contribution in [2.24, 2.45) is 0 Å². The largest absolute Gasteiger partial charge is 0.496 e. The van der Waals surface area contributed by atoms with Gasteiger partial charge in [0.1, 0.15) is 11.6 Å². The van der Waals surface area contributed by atoms with Crippen LogP contribution in [0.25, 0.3) is 22.5 Å². The van der Waals surface area contributed by atoms with Crippen molar-refractivity contribution in [3.63, 3.8) is 0 Å². The van der Waals surface area contributed by atoms with Crippen molar-refractivity contribution < 1.29 is 19.0 Å². The van der Waals surface area contributed by atoms with Crippen LogP contribution in [0.5, 0.6) is 5.75 Å². The van der Waals surface area contributed by atoms with Crippen LogP contribution in [0.4, 0.5) is 4.39 Å². The lowest BCUT2D eigenvalue weighted by atomic mass is 9.94. The SMILES string of the molecule is CCc1cc2c(cc1OC)CCn1c-2cc(C(=O)O)c1-c1cccc(F)c1. The number of rotatable bonds is 4. The molecule has 3 aromatic rings. The first-order chi connectivity index (χ1) is 13.0. The Hall–Kier alpha value is -3.08. The molecule has 138 valence electrons. The summed E-state index contributed by atoms with van der Waals surface area (Å²) in [6.45, 7) is 2.70. The molecular weight excluding hydrogens is 345 g/mol. The molecule has 0 fully saturated rings. The number of hydrogen-bond acceptors (Lipinski definition) is 2. The molecule has 27 heavy (non-hydrogen) atoms. The molecule has 0 aliphatic carbocycles. The maximum atomic E-state index is 13.8. The lowest BCUT2D eigenvalue weighted by molar-refractivity contribution is 0.0697. The van der Waals surface area contributed by atoms with Crippen LogP contribution in [-0.4, -0.2) is 22.8 Å². The van der Waals surface area contributed by atoms with Gasteiger partial charge in [-0.15, -0.1) is 0 Å². The first-order valence-electron chi connectivity index (χ1n) is 8.96. The van der Waals surface area contributed by atoms with E-state index in [4.69, 9.17) is 4.74 Å². The van der Waals surface area contributed by atoms with Crippen molar-refractivity contribution in [2.75, 3.05) is 7.11 Å². The quantitative estimate of drug-likeness (QED) is 0.723. The third-order valence-corrected chi connectivity index (χ3v) is 5.19. The van der Waals surface area contributed by atoms with Gasteiger partial charge in [-0.25, -0.2) is 9.18 Å². The van der Waals surface area contributed by atoms with Crippen molar-refractivity contribution >= 4 is 5.97 Å². The van der Waals surface area contributed by atoms with Crippen molar-refractivity contribution in [2.45, 2.75) is 26.3 Å². The number of benzene rings is 2. The molecule has 0 saturated carbocycles. The summed E-state index contributed by atoms with van der Waals surface area (Å²) in [7, 11) is 1.66. The monoisotopic (exact) mass is 365 g/mol. The lowest BCUT2D eigenvalue weighted by Gasteiger charge is -2.23. The van der Waals surface area contributed by atoms with Crippen LogP contribution in [0.15, 0.2) is 42.5 Å². The average molecular weight is 365 g/mol. The van der Waals surface area contributed by atoms with E-state index in [1.165, 1.54) is 12.1 Å². The second kappa shape index (κ2) is 6.58. The molecule has 2 aromatic carbocycles. The second-order valence-corrected chi connectivity index (χ2v) is 6.68. The molecular formula is C22H20FNO3. The highest BCUT2D eigenvalue weighted by atomic mass is 19.1. The number of hydrogen-bond donors (Lipinski definition) is 1. The molecule has 1 aromatic heterocycles. The van der Waals surface area contributed by atoms with Gasteiger partial charge in [-0.05, 0) is 54.3 Å². The van der Waals surface area contributed by atoms with Gasteiger partial charge in [-0.3, -0.25) is 0 Å². The van der Waals surface area contributed by atoms with Crippen LogP contribution in [0.1, 0.15) is 28.4 Å². The molecule has 4 rings (SSSR count). The van der Waals surface area contributed by atoms with Crippen LogP contribution in [0.2, 0.25) is 0 Å². The Morgan fingerprint density at radius 1 is 1.26 bits per heavy atom. The number of ether oxygens (including phenoxy) is 1. The Kier molecular flexibility index (Phi) is 4.22. The van der Waals surface area contributed by atoms with E-state index in [0.717, 1.165) is 41.0 Å². The number of carboxylic acid groups (broad SMARTS) is 1. The predicted octanol–water partition coefficient (Wildman–Crippen LogP) is 4.79. The van der Waals surface area contributed by atoms with Crippen LogP contribution >= 0.6 is 0 Å². The average Bonchev–Trinajstić information content (AvgIpc) is 3.07. The number of aromatic nitrogens is 1. The fourth-order valence-corrected chi connectivity index (χ4v) is 3.92. The predicted molar refractivity (Wildman–Crippen MR) is 102 cm³/mol. The molecule has 5 heteroatoms. The molecule has 0 radical (unpaired) electrons. The van der Waals surface area contributed by atoms with Crippen molar-refractivity contribution in [1.82, 2.24) is 4.57 Å². The molecule has 1 aliphatic rings. The zero-order valence-corrected chi connectivity index (χ0v) is 15.3. The lowest BCUT2D eigenvalue weighted by Crippen LogP contribution is -2.13. The number of nitrogens with zero attached hydrogens (tertiary/aromatic N) is 1. The summed E-state index contributed by atoms with van der Waals surface area (Å²) in [6.07, 6.45) is 1.58. The van der Waals surface area contributed by atoms with E-state index in [1.807, 2.05) is 10.6 Å². The molecule has 0 spiro atoms. The Balaban J connectivity index is 1.98. The van der Waals surface area contributed by atoms with E-state index < -0.39 is 5.97 Å². The van der Waals surface area contributed by atoms with Gasteiger partial charge in [0.15, 0.2) is 0 Å². The van der Waals surface area contributed by atoms with Crippen LogP contribution < -0.4 is 4.74 Å². The molecule has 0 bridgehead atoms. The Labute approximate surface area is 156 Å². The summed E-state index contributed by atoms with van der Waals surface area (Å²) in [5, 5.41) is 9.75. The molecule has 4 nitrogen and oxygen atoms in total. The van der Waals surface area contributed by atoms with E-state index >= 15 is 0 Å². The second-order valence-electron chi connectivity index (χ2n) is 6.68. The molecule has 0 amide bonds. The van der Waals surface area contributed by atoms with Gasteiger partial charge in [-0.2, -0.15) is 0 Å². The Morgan fingerprint density at radius 3 is 2.74 bits per heavy atom. The van der Waals surface area contributed by atoms with Crippen molar-refractivity contribution in [3.8, 4) is 28.3 Å². The smallest absolute Gasteiger partial charge is 0.337 e. The summed E-state index contributed by atoms with van der Waals surface area (Å²) in [6, 6.07) is 11.9. The zero-order chi connectivity index (χ0) is 19.1. The van der Waals surface area contributed by atoms with Crippen LogP contribution in [-0.2, 0) is 19.4 Å². The van der Waals surface area contributed by atoms with Gasteiger partial charge in [0.25, 0.3) is 0 Å². The number of carboxylic acids is 1. The summed E-state index contributed by atoms with van der Waals surface area (Å²) in [4.78, 5) is 11.9. The zero-order valence-electron chi connectivity index (χ0n) is 15.3. The van der Waals surface area contributed by atoms with E-state index in [1.54, 1.807) is 25.3 Å². The number of fused-ring (bicyclic) bond motifs is 3. The molecule has 0 atom stereocenters. The topological polar surface area (TPSA) is 51.5 Å². The highest BCUT2D eigenvalue weighted by Crippen LogP contribution is 2.40. The molecule has 1 aliphatic heterocycles. The van der Waals surface area contributed by atoms with Crippen molar-refractivity contribution in [1.29, 1.82) is 0 Å². The van der Waals surface area contributed by atoms with Gasteiger partial charge in [0.05, 0.1) is 18.4 Å². The minimum absolute atomic E-state index is 0.192. The first-order valence-corrected chi connectivity index (χ1v) is 8.96. The van der Waals surface area contributed by atoms with Gasteiger partial charge >= 0.3 is 5.97 Å². The highest BCUT2D eigenvalue weighted by Gasteiger charge is 2.27. The van der Waals surface area contributed by atoms with Crippen molar-refractivity contribution in [3.05, 3.63) is 65.0 Å². The number of methoxy groups -OCH3 is 1. The Morgan fingerprint density at radius 2 is 2.07 bits per heavy atom. The molecule has 2 heterocycles. The van der Waals surface area contributed by atoms with Gasteiger partial charge in [0, 0.05) is 23.4 Å². The number of aryl methyl sites for hydroxylation is 2. The van der Waals surface area contributed by atoms with Gasteiger partial charge in [0.2, 0.25) is 0 Å². The number of halogens is 1. The van der Waals surface area contributed by atoms with E-state index in [0.29, 0.717) is 17.8 Å². The first kappa shape index (κ1) is 17.3. The van der Waals surface area contributed by atoms with Gasteiger partial charge in [-0.1, -0.05) is 19.1 Å². The normalized spacial score (nSPS) is 12.4. The number of carbonyl (C=O) groups is 1. The minimum atomic E-state index is -1.01. The van der Waals surface area contributed by atoms with E-state index in [2.05, 4.69) is 13.0 Å². The summed E-state index contributed by atoms with van der Waals surface area (Å²) >= 11 is 0. The van der Waals surface area contributed by atoms with E-state index in [-0.39, 0.29) is 11.4 Å². The maximum absolute atomic E-state index is 13.8. The number of aromatic carboxylic acids is 1. The van der Waals surface area contributed by atoms with Crippen LogP contribution in [0, 0.1) is 5.82 Å². The minimum Gasteiger partial charge on any atom is -0.496 e. The maximum Gasteiger partial charge on any atom is 0.337 e. The standard InChI is InChI=1S/C22H20FNO3/c1-3-13-10-17-14(11-20(13)27-2)7-8-24-19(17)12-18(22(25)26)21(24)15-5-4-6-16(23)9-15/h4-6,9-12H,3,7-8H2,1-2H3,(H,25,26). The fraction of sp³-hybridized carbons (Fsp3) is 0.227. The van der Waals surface area contributed by atoms with Crippen LogP contribution in [0.3, 0.4) is 0 Å². The third-order valence-electron chi connectivity index (χ3n) is 5.19. The summed E-state index contributed by atoms with van der Waals surface area (Å²) in [5.74, 6) is -0.532. The summed E-state index contributed by atoms with van der Waals surface area (Å²) in [5.41, 5.74) is 5.40. The highest BCUT2D eigenvalue weighted by molar-refractivity contribution is 5.98. The molecule has 0 saturated heterocycles. The van der Waals surface area contributed by atoms with Gasteiger partial charge < -0.3 is 14.4 Å². The third kappa shape index (κ3) is 2.79. The molecule has 1 N–H and O–H groups in total. The summed E-state index contributed by atoms with van der Waals surface area (Å²) < 4.78 is 21.3. The molecule has 0 unspecified atom stereocenters.